The molecule has 1 aliphatic rings. The molecule has 0 bridgehead atoms. The Labute approximate surface area is 185 Å². The van der Waals surface area contributed by atoms with Crippen LogP contribution in [0.4, 0.5) is 0 Å². The number of Topliss-reactive ketones (excluding diaryl/α,β-unsaturated/α-hetero) is 1. The zero-order valence-corrected chi connectivity index (χ0v) is 20.0. The van der Waals surface area contributed by atoms with Crippen molar-refractivity contribution in [3.63, 3.8) is 0 Å². The molecule has 3 atom stereocenters. The standard InChI is InChI=1S/C22H40N4O5/c1-13(2)8-16(20(29)22(7)12-31-22)25-19(28)11-24-21(30)17(9-14(3)4)26-18(27)10-23-15(5)6/h13-17,23H,8-12H2,1-7H3,(H,24,30)(H,25,28)(H,26,27). The number of epoxide rings is 1. The molecule has 9 nitrogen and oxygen atoms in total. The van der Waals surface area contributed by atoms with Gasteiger partial charge < -0.3 is 26.0 Å². The topological polar surface area (TPSA) is 129 Å². The summed E-state index contributed by atoms with van der Waals surface area (Å²) < 4.78 is 5.22. The molecule has 178 valence electrons. The number of hydrogen-bond acceptors (Lipinski definition) is 6. The first kappa shape index (κ1) is 27.0. The summed E-state index contributed by atoms with van der Waals surface area (Å²) in [4.78, 5) is 49.8. The van der Waals surface area contributed by atoms with Gasteiger partial charge in [-0.05, 0) is 31.6 Å². The predicted molar refractivity (Wildman–Crippen MR) is 118 cm³/mol. The van der Waals surface area contributed by atoms with E-state index >= 15 is 0 Å². The molecule has 1 fully saturated rings. The van der Waals surface area contributed by atoms with Crippen molar-refractivity contribution in [1.82, 2.24) is 21.3 Å². The lowest BCUT2D eigenvalue weighted by molar-refractivity contribution is -0.132. The second-order valence-corrected chi connectivity index (χ2v) is 9.64. The van der Waals surface area contributed by atoms with Gasteiger partial charge in [-0.2, -0.15) is 0 Å². The minimum Gasteiger partial charge on any atom is -0.361 e. The van der Waals surface area contributed by atoms with Crippen LogP contribution in [0.5, 0.6) is 0 Å². The molecule has 0 aromatic carbocycles. The van der Waals surface area contributed by atoms with E-state index in [2.05, 4.69) is 21.3 Å². The number of carbonyl (C=O) groups excluding carboxylic acids is 4. The van der Waals surface area contributed by atoms with E-state index in [-0.39, 0.29) is 42.7 Å². The Hall–Kier alpha value is -2.00. The summed E-state index contributed by atoms with van der Waals surface area (Å²) in [5.41, 5.74) is -0.827. The Balaban J connectivity index is 2.62. The number of ketones is 1. The van der Waals surface area contributed by atoms with E-state index in [4.69, 9.17) is 4.74 Å². The Kier molecular flexibility index (Phi) is 10.6. The second kappa shape index (κ2) is 12.1. The third-order valence-electron chi connectivity index (χ3n) is 4.91. The monoisotopic (exact) mass is 440 g/mol. The van der Waals surface area contributed by atoms with Gasteiger partial charge in [-0.25, -0.2) is 0 Å². The summed E-state index contributed by atoms with van der Waals surface area (Å²) in [6.45, 7) is 13.6. The highest BCUT2D eigenvalue weighted by Crippen LogP contribution is 2.29. The molecule has 3 amide bonds. The maximum atomic E-state index is 12.6. The zero-order valence-electron chi connectivity index (χ0n) is 20.0. The van der Waals surface area contributed by atoms with E-state index in [1.54, 1.807) is 6.92 Å². The van der Waals surface area contributed by atoms with Crippen molar-refractivity contribution in [2.45, 2.75) is 85.0 Å². The highest BCUT2D eigenvalue weighted by atomic mass is 16.6. The highest BCUT2D eigenvalue weighted by molar-refractivity contribution is 5.97. The van der Waals surface area contributed by atoms with Crippen LogP contribution in [0, 0.1) is 11.8 Å². The Morgan fingerprint density at radius 1 is 0.839 bits per heavy atom. The average Bonchev–Trinajstić information content (AvgIpc) is 3.40. The molecule has 0 spiro atoms. The number of carbonyl (C=O) groups is 4. The minimum absolute atomic E-state index is 0.111. The fraction of sp³-hybridized carbons (Fsp3) is 0.818. The molecule has 0 aromatic heterocycles. The normalized spacial score (nSPS) is 19.8. The summed E-state index contributed by atoms with van der Waals surface area (Å²) in [5.74, 6) is -0.923. The third kappa shape index (κ3) is 10.2. The van der Waals surface area contributed by atoms with Gasteiger partial charge in [0, 0.05) is 6.04 Å². The third-order valence-corrected chi connectivity index (χ3v) is 4.91. The first-order valence-corrected chi connectivity index (χ1v) is 11.1. The van der Waals surface area contributed by atoms with Crippen LogP contribution in [-0.4, -0.2) is 66.9 Å². The quantitative estimate of drug-likeness (QED) is 0.292. The lowest BCUT2D eigenvalue weighted by Gasteiger charge is -2.23. The SMILES string of the molecule is CC(C)CC(NC(=O)CNC(C)C)C(=O)NCC(=O)NC(CC(C)C)C(=O)C1(C)CO1. The van der Waals surface area contributed by atoms with Crippen LogP contribution >= 0.6 is 0 Å². The Morgan fingerprint density at radius 3 is 1.81 bits per heavy atom. The van der Waals surface area contributed by atoms with Gasteiger partial charge in [0.1, 0.15) is 11.6 Å². The first-order valence-electron chi connectivity index (χ1n) is 11.1. The fourth-order valence-electron chi connectivity index (χ4n) is 3.10. The van der Waals surface area contributed by atoms with Gasteiger partial charge in [0.05, 0.1) is 25.7 Å². The van der Waals surface area contributed by atoms with Crippen LogP contribution < -0.4 is 21.3 Å². The van der Waals surface area contributed by atoms with E-state index in [1.165, 1.54) is 0 Å². The molecular formula is C22H40N4O5. The molecule has 1 saturated heterocycles. The van der Waals surface area contributed by atoms with Gasteiger partial charge >= 0.3 is 0 Å². The van der Waals surface area contributed by atoms with Crippen LogP contribution in [0.25, 0.3) is 0 Å². The lowest BCUT2D eigenvalue weighted by Crippen LogP contribution is -2.53. The lowest BCUT2D eigenvalue weighted by atomic mass is 9.93. The number of rotatable bonds is 14. The summed E-state index contributed by atoms with van der Waals surface area (Å²) in [7, 11) is 0. The van der Waals surface area contributed by atoms with Crippen molar-refractivity contribution in [3.8, 4) is 0 Å². The minimum atomic E-state index is -0.827. The maximum absolute atomic E-state index is 12.6. The van der Waals surface area contributed by atoms with E-state index in [0.29, 0.717) is 19.4 Å². The number of hydrogen-bond donors (Lipinski definition) is 4. The number of ether oxygens (including phenoxy) is 1. The Morgan fingerprint density at radius 2 is 1.32 bits per heavy atom. The molecular weight excluding hydrogens is 400 g/mol. The second-order valence-electron chi connectivity index (χ2n) is 9.64. The molecule has 1 aliphatic heterocycles. The molecule has 0 saturated carbocycles. The summed E-state index contributed by atoms with van der Waals surface area (Å²) in [5, 5.41) is 11.0. The van der Waals surface area contributed by atoms with Gasteiger partial charge in [0.2, 0.25) is 17.7 Å². The van der Waals surface area contributed by atoms with Crippen LogP contribution in [-0.2, 0) is 23.9 Å². The van der Waals surface area contributed by atoms with Crippen molar-refractivity contribution in [1.29, 1.82) is 0 Å². The van der Waals surface area contributed by atoms with Crippen LogP contribution in [0.15, 0.2) is 0 Å². The molecule has 9 heteroatoms. The maximum Gasteiger partial charge on any atom is 0.243 e. The number of amides is 3. The molecule has 0 aliphatic carbocycles. The van der Waals surface area contributed by atoms with Crippen LogP contribution in [0.3, 0.4) is 0 Å². The van der Waals surface area contributed by atoms with Crippen molar-refractivity contribution in [2.75, 3.05) is 19.7 Å². The van der Waals surface area contributed by atoms with Crippen LogP contribution in [0.2, 0.25) is 0 Å². The smallest absolute Gasteiger partial charge is 0.243 e. The molecule has 0 radical (unpaired) electrons. The first-order chi connectivity index (χ1) is 14.3. The van der Waals surface area contributed by atoms with Crippen molar-refractivity contribution in [3.05, 3.63) is 0 Å². The molecule has 0 aromatic rings. The summed E-state index contributed by atoms with van der Waals surface area (Å²) >= 11 is 0. The Bertz CT molecular complexity index is 644. The van der Waals surface area contributed by atoms with E-state index in [0.717, 1.165) is 0 Å². The molecule has 31 heavy (non-hydrogen) atoms. The highest BCUT2D eigenvalue weighted by Gasteiger charge is 2.50. The van der Waals surface area contributed by atoms with E-state index in [1.807, 2.05) is 41.5 Å². The molecule has 1 heterocycles. The van der Waals surface area contributed by atoms with Crippen molar-refractivity contribution in [2.24, 2.45) is 11.8 Å². The molecule has 4 N–H and O–H groups in total. The predicted octanol–water partition coefficient (Wildman–Crippen LogP) is 0.520. The van der Waals surface area contributed by atoms with Crippen LogP contribution in [0.1, 0.15) is 61.3 Å². The number of nitrogens with one attached hydrogen (secondary N) is 4. The van der Waals surface area contributed by atoms with Gasteiger partial charge in [0.15, 0.2) is 5.78 Å². The van der Waals surface area contributed by atoms with Crippen molar-refractivity contribution >= 4 is 23.5 Å². The molecule has 3 unspecified atom stereocenters. The van der Waals surface area contributed by atoms with Gasteiger partial charge in [-0.15, -0.1) is 0 Å². The van der Waals surface area contributed by atoms with Gasteiger partial charge in [-0.3, -0.25) is 19.2 Å². The van der Waals surface area contributed by atoms with Gasteiger partial charge in [-0.1, -0.05) is 41.5 Å². The van der Waals surface area contributed by atoms with E-state index < -0.39 is 29.5 Å². The zero-order chi connectivity index (χ0) is 23.8. The summed E-state index contributed by atoms with van der Waals surface area (Å²) in [6.07, 6.45) is 0.942. The van der Waals surface area contributed by atoms with E-state index in [9.17, 15) is 19.2 Å². The van der Waals surface area contributed by atoms with Gasteiger partial charge in [0.25, 0.3) is 0 Å². The van der Waals surface area contributed by atoms with Crippen molar-refractivity contribution < 1.29 is 23.9 Å². The fourth-order valence-corrected chi connectivity index (χ4v) is 3.10. The average molecular weight is 441 g/mol. The molecule has 1 rings (SSSR count). The summed E-state index contributed by atoms with van der Waals surface area (Å²) in [6, 6.07) is -1.25. The largest absolute Gasteiger partial charge is 0.361 e.